The average molecular weight is 358 g/mol. The molecule has 1 aromatic carbocycles. The van der Waals surface area contributed by atoms with E-state index in [0.29, 0.717) is 25.8 Å². The largest absolute Gasteiger partial charge is 0.440 e. The first kappa shape index (κ1) is 19.1. The molecular formula is C17H21F3N2O3. The van der Waals surface area contributed by atoms with Crippen LogP contribution in [0.15, 0.2) is 24.3 Å². The Hall–Kier alpha value is -2.25. The van der Waals surface area contributed by atoms with E-state index in [0.717, 1.165) is 16.0 Å². The third kappa shape index (κ3) is 5.95. The fourth-order valence-corrected chi connectivity index (χ4v) is 2.80. The molecule has 1 aliphatic heterocycles. The zero-order valence-electron chi connectivity index (χ0n) is 13.9. The lowest BCUT2D eigenvalue weighted by Gasteiger charge is -2.23. The van der Waals surface area contributed by atoms with Crippen molar-refractivity contribution in [1.29, 1.82) is 0 Å². The van der Waals surface area contributed by atoms with Gasteiger partial charge in [0.15, 0.2) is 6.61 Å². The van der Waals surface area contributed by atoms with E-state index in [1.54, 1.807) is 0 Å². The average Bonchev–Trinajstić information content (AvgIpc) is 3.01. The molecule has 0 saturated carbocycles. The highest BCUT2D eigenvalue weighted by atomic mass is 19.4. The molecule has 1 atom stereocenters. The first-order valence-electron chi connectivity index (χ1n) is 8.09. The summed E-state index contributed by atoms with van der Waals surface area (Å²) in [5.74, 6) is -0.367. The number of likely N-dealkylation sites (tertiary alicyclic amines) is 1. The van der Waals surface area contributed by atoms with E-state index in [9.17, 15) is 22.8 Å². The molecule has 1 aliphatic rings. The van der Waals surface area contributed by atoms with Gasteiger partial charge in [-0.25, -0.2) is 4.79 Å². The minimum Gasteiger partial charge on any atom is -0.440 e. The van der Waals surface area contributed by atoms with E-state index in [4.69, 9.17) is 0 Å². The SMILES string of the molecule is Cc1cccc(CCNC(=O)C2CCCN2C(=O)OCC(F)(F)F)c1. The maximum absolute atomic E-state index is 12.2. The fourth-order valence-electron chi connectivity index (χ4n) is 2.80. The Labute approximate surface area is 144 Å². The number of benzene rings is 1. The van der Waals surface area contributed by atoms with E-state index >= 15 is 0 Å². The molecule has 0 radical (unpaired) electrons. The minimum absolute atomic E-state index is 0.215. The Morgan fingerprint density at radius 1 is 1.36 bits per heavy atom. The van der Waals surface area contributed by atoms with Gasteiger partial charge in [0, 0.05) is 13.1 Å². The summed E-state index contributed by atoms with van der Waals surface area (Å²) in [6.45, 7) is 0.936. The van der Waals surface area contributed by atoms with Crippen molar-refractivity contribution in [3.63, 3.8) is 0 Å². The number of carbonyl (C=O) groups excluding carboxylic acids is 2. The Bertz CT molecular complexity index is 619. The molecule has 0 aliphatic carbocycles. The summed E-state index contributed by atoms with van der Waals surface area (Å²) in [7, 11) is 0. The number of carbonyl (C=O) groups is 2. The molecule has 138 valence electrons. The summed E-state index contributed by atoms with van der Waals surface area (Å²) in [5, 5.41) is 2.74. The standard InChI is InChI=1S/C17H21F3N2O3/c1-12-4-2-5-13(10-12)7-8-21-15(23)14-6-3-9-22(14)16(24)25-11-17(18,19)20/h2,4-5,10,14H,3,6-9,11H2,1H3,(H,21,23). The van der Waals surface area contributed by atoms with Crippen molar-refractivity contribution in [2.45, 2.75) is 38.4 Å². The van der Waals surface area contributed by atoms with Gasteiger partial charge < -0.3 is 10.1 Å². The maximum Gasteiger partial charge on any atom is 0.422 e. The highest BCUT2D eigenvalue weighted by molar-refractivity contribution is 5.86. The van der Waals surface area contributed by atoms with Gasteiger partial charge in [-0.05, 0) is 31.7 Å². The van der Waals surface area contributed by atoms with Crippen LogP contribution in [0.5, 0.6) is 0 Å². The topological polar surface area (TPSA) is 58.6 Å². The second kappa shape index (κ2) is 8.22. The van der Waals surface area contributed by atoms with Gasteiger partial charge >= 0.3 is 12.3 Å². The van der Waals surface area contributed by atoms with Gasteiger partial charge in [0.05, 0.1) is 0 Å². The molecule has 0 spiro atoms. The van der Waals surface area contributed by atoms with Crippen LogP contribution in [0.25, 0.3) is 0 Å². The summed E-state index contributed by atoms with van der Waals surface area (Å²) in [4.78, 5) is 25.1. The number of nitrogens with one attached hydrogen (secondary N) is 1. The monoisotopic (exact) mass is 358 g/mol. The van der Waals surface area contributed by atoms with Crippen molar-refractivity contribution in [3.8, 4) is 0 Å². The molecule has 0 aromatic heterocycles. The van der Waals surface area contributed by atoms with E-state index < -0.39 is 24.9 Å². The molecule has 2 rings (SSSR count). The first-order valence-corrected chi connectivity index (χ1v) is 8.09. The van der Waals surface area contributed by atoms with Crippen molar-refractivity contribution in [1.82, 2.24) is 10.2 Å². The molecule has 2 amide bonds. The van der Waals surface area contributed by atoms with Gasteiger partial charge in [-0.3, -0.25) is 9.69 Å². The number of alkyl halides is 3. The van der Waals surface area contributed by atoms with Crippen LogP contribution in [-0.2, 0) is 16.0 Å². The number of rotatable bonds is 5. The van der Waals surface area contributed by atoms with Crippen molar-refractivity contribution in [2.75, 3.05) is 19.7 Å². The second-order valence-electron chi connectivity index (χ2n) is 6.05. The van der Waals surface area contributed by atoms with Crippen molar-refractivity contribution < 1.29 is 27.5 Å². The summed E-state index contributed by atoms with van der Waals surface area (Å²) in [6, 6.07) is 7.10. The zero-order chi connectivity index (χ0) is 18.4. The molecule has 0 bridgehead atoms. The van der Waals surface area contributed by atoms with Gasteiger partial charge in [-0.2, -0.15) is 13.2 Å². The number of hydrogen-bond acceptors (Lipinski definition) is 3. The summed E-state index contributed by atoms with van der Waals surface area (Å²) >= 11 is 0. The highest BCUT2D eigenvalue weighted by Gasteiger charge is 2.37. The number of ether oxygens (including phenoxy) is 1. The van der Waals surface area contributed by atoms with E-state index in [2.05, 4.69) is 10.1 Å². The number of halogens is 3. The minimum atomic E-state index is -4.58. The number of hydrogen-bond donors (Lipinski definition) is 1. The van der Waals surface area contributed by atoms with Crippen molar-refractivity contribution in [3.05, 3.63) is 35.4 Å². The smallest absolute Gasteiger partial charge is 0.422 e. The maximum atomic E-state index is 12.2. The molecule has 1 saturated heterocycles. The van der Waals surface area contributed by atoms with Gasteiger partial charge in [-0.15, -0.1) is 0 Å². The van der Waals surface area contributed by atoms with Crippen molar-refractivity contribution >= 4 is 12.0 Å². The van der Waals surface area contributed by atoms with Crippen LogP contribution in [0, 0.1) is 6.92 Å². The van der Waals surface area contributed by atoms with Crippen LogP contribution in [0.1, 0.15) is 24.0 Å². The molecule has 1 fully saturated rings. The third-order valence-electron chi connectivity index (χ3n) is 3.94. The van der Waals surface area contributed by atoms with Gasteiger partial charge in [0.25, 0.3) is 0 Å². The van der Waals surface area contributed by atoms with Crippen LogP contribution in [-0.4, -0.2) is 48.8 Å². The Morgan fingerprint density at radius 2 is 2.12 bits per heavy atom. The molecule has 1 heterocycles. The van der Waals surface area contributed by atoms with E-state index in [1.165, 1.54) is 0 Å². The molecule has 25 heavy (non-hydrogen) atoms. The number of aryl methyl sites for hydroxylation is 1. The normalized spacial score (nSPS) is 17.4. The first-order chi connectivity index (χ1) is 11.8. The number of amides is 2. The van der Waals surface area contributed by atoms with Crippen molar-refractivity contribution in [2.24, 2.45) is 0 Å². The quantitative estimate of drug-likeness (QED) is 0.881. The zero-order valence-corrected chi connectivity index (χ0v) is 13.9. The lowest BCUT2D eigenvalue weighted by molar-refractivity contribution is -0.162. The predicted molar refractivity (Wildman–Crippen MR) is 85.0 cm³/mol. The highest BCUT2D eigenvalue weighted by Crippen LogP contribution is 2.20. The Morgan fingerprint density at radius 3 is 2.80 bits per heavy atom. The van der Waals surface area contributed by atoms with Gasteiger partial charge in [-0.1, -0.05) is 29.8 Å². The second-order valence-corrected chi connectivity index (χ2v) is 6.05. The Balaban J connectivity index is 1.82. The van der Waals surface area contributed by atoms with Gasteiger partial charge in [0.1, 0.15) is 6.04 Å². The van der Waals surface area contributed by atoms with Crippen LogP contribution >= 0.6 is 0 Å². The van der Waals surface area contributed by atoms with Crippen LogP contribution in [0.2, 0.25) is 0 Å². The van der Waals surface area contributed by atoms with E-state index in [-0.39, 0.29) is 12.5 Å². The van der Waals surface area contributed by atoms with Crippen LogP contribution in [0.4, 0.5) is 18.0 Å². The molecule has 1 aromatic rings. The predicted octanol–water partition coefficient (Wildman–Crippen LogP) is 2.82. The lowest BCUT2D eigenvalue weighted by atomic mass is 10.1. The third-order valence-corrected chi connectivity index (χ3v) is 3.94. The number of nitrogens with zero attached hydrogens (tertiary/aromatic N) is 1. The lowest BCUT2D eigenvalue weighted by Crippen LogP contribution is -2.47. The molecule has 1 N–H and O–H groups in total. The van der Waals surface area contributed by atoms with E-state index in [1.807, 2.05) is 31.2 Å². The summed E-state index contributed by atoms with van der Waals surface area (Å²) < 4.78 is 40.7. The summed E-state index contributed by atoms with van der Waals surface area (Å²) in [6.07, 6.45) is -4.08. The van der Waals surface area contributed by atoms with Crippen LogP contribution in [0.3, 0.4) is 0 Å². The molecule has 5 nitrogen and oxygen atoms in total. The summed E-state index contributed by atoms with van der Waals surface area (Å²) in [5.41, 5.74) is 2.20. The fraction of sp³-hybridized carbons (Fsp3) is 0.529. The van der Waals surface area contributed by atoms with Crippen LogP contribution < -0.4 is 5.32 Å². The molecule has 1 unspecified atom stereocenters. The van der Waals surface area contributed by atoms with Gasteiger partial charge in [0.2, 0.25) is 5.91 Å². The Kier molecular flexibility index (Phi) is 6.27. The molecule has 8 heteroatoms. The molecular weight excluding hydrogens is 337 g/mol.